The van der Waals surface area contributed by atoms with Gasteiger partial charge in [0.2, 0.25) is 0 Å². The Morgan fingerprint density at radius 2 is 2.06 bits per heavy atom. The minimum Gasteiger partial charge on any atom is -0.497 e. The molecule has 6 heteroatoms. The van der Waals surface area contributed by atoms with E-state index in [9.17, 15) is 13.2 Å². The second-order valence-corrected chi connectivity index (χ2v) is 5.23. The number of carbonyl (C=O) groups is 1. The molecule has 0 radical (unpaired) electrons. The van der Waals surface area contributed by atoms with E-state index < -0.39 is 21.6 Å². The predicted molar refractivity (Wildman–Crippen MR) is 61.7 cm³/mol. The summed E-state index contributed by atoms with van der Waals surface area (Å²) in [6.07, 6.45) is 0. The Hall–Kier alpha value is -1.56. The maximum absolute atomic E-state index is 11.8. The van der Waals surface area contributed by atoms with Gasteiger partial charge in [-0.2, -0.15) is 0 Å². The van der Waals surface area contributed by atoms with Crippen LogP contribution in [0.2, 0.25) is 0 Å². The summed E-state index contributed by atoms with van der Waals surface area (Å²) in [5, 5.41) is 0. The van der Waals surface area contributed by atoms with Crippen LogP contribution in [0.5, 0.6) is 5.75 Å². The van der Waals surface area contributed by atoms with Gasteiger partial charge in [-0.15, -0.1) is 0 Å². The van der Waals surface area contributed by atoms with Crippen molar-refractivity contribution in [1.82, 2.24) is 0 Å². The van der Waals surface area contributed by atoms with Gasteiger partial charge in [0.25, 0.3) is 0 Å². The van der Waals surface area contributed by atoms with E-state index >= 15 is 0 Å². The van der Waals surface area contributed by atoms with Crippen LogP contribution in [0.3, 0.4) is 0 Å². The molecule has 0 saturated heterocycles. The van der Waals surface area contributed by atoms with Crippen molar-refractivity contribution in [2.45, 2.75) is 11.8 Å². The van der Waals surface area contributed by atoms with Gasteiger partial charge < -0.3 is 9.47 Å². The third-order valence-electron chi connectivity index (χ3n) is 2.01. The van der Waals surface area contributed by atoms with Gasteiger partial charge in [-0.3, -0.25) is 4.79 Å². The van der Waals surface area contributed by atoms with Gasteiger partial charge in [0.1, 0.15) is 5.75 Å². The molecule has 0 aliphatic carbocycles. The summed E-state index contributed by atoms with van der Waals surface area (Å²) in [6, 6.07) is 5.96. The first-order valence-electron chi connectivity index (χ1n) is 5.02. The van der Waals surface area contributed by atoms with Gasteiger partial charge in [0, 0.05) is 0 Å². The normalized spacial score (nSPS) is 10.9. The lowest BCUT2D eigenvalue weighted by Gasteiger charge is -2.06. The van der Waals surface area contributed by atoms with Crippen LogP contribution in [0.15, 0.2) is 29.2 Å². The first kappa shape index (κ1) is 13.5. The van der Waals surface area contributed by atoms with Gasteiger partial charge in [0.15, 0.2) is 15.6 Å². The van der Waals surface area contributed by atoms with Crippen LogP contribution >= 0.6 is 0 Å². The summed E-state index contributed by atoms with van der Waals surface area (Å²) in [5.41, 5.74) is 0. The van der Waals surface area contributed by atoms with Crippen LogP contribution in [0, 0.1) is 0 Å². The Morgan fingerprint density at radius 3 is 2.65 bits per heavy atom. The molecule has 17 heavy (non-hydrogen) atoms. The lowest BCUT2D eigenvalue weighted by molar-refractivity contribution is -0.139. The quantitative estimate of drug-likeness (QED) is 0.738. The van der Waals surface area contributed by atoms with Crippen molar-refractivity contribution in [2.75, 3.05) is 19.5 Å². The molecule has 0 saturated carbocycles. The second kappa shape index (κ2) is 5.67. The highest BCUT2D eigenvalue weighted by Gasteiger charge is 2.20. The smallest absolute Gasteiger partial charge is 0.321 e. The summed E-state index contributed by atoms with van der Waals surface area (Å²) in [7, 11) is -2.23. The van der Waals surface area contributed by atoms with E-state index in [2.05, 4.69) is 4.74 Å². The van der Waals surface area contributed by atoms with Crippen LogP contribution in [-0.4, -0.2) is 33.9 Å². The van der Waals surface area contributed by atoms with Crippen molar-refractivity contribution in [3.63, 3.8) is 0 Å². The summed E-state index contributed by atoms with van der Waals surface area (Å²) in [6.45, 7) is 1.78. The van der Waals surface area contributed by atoms with Crippen LogP contribution in [-0.2, 0) is 19.4 Å². The number of hydrogen-bond acceptors (Lipinski definition) is 5. The summed E-state index contributed by atoms with van der Waals surface area (Å²) < 4.78 is 33.2. The van der Waals surface area contributed by atoms with Crippen molar-refractivity contribution in [3.8, 4) is 5.75 Å². The fraction of sp³-hybridized carbons (Fsp3) is 0.364. The lowest BCUT2D eigenvalue weighted by Crippen LogP contribution is -2.18. The monoisotopic (exact) mass is 258 g/mol. The highest BCUT2D eigenvalue weighted by Crippen LogP contribution is 2.18. The molecule has 0 N–H and O–H groups in total. The summed E-state index contributed by atoms with van der Waals surface area (Å²) in [5.74, 6) is -0.987. The summed E-state index contributed by atoms with van der Waals surface area (Å²) in [4.78, 5) is 11.2. The van der Waals surface area contributed by atoms with Crippen molar-refractivity contribution in [3.05, 3.63) is 24.3 Å². The number of hydrogen-bond donors (Lipinski definition) is 0. The number of sulfone groups is 1. The molecule has 0 unspecified atom stereocenters. The summed E-state index contributed by atoms with van der Waals surface area (Å²) >= 11 is 0. The Kier molecular flexibility index (Phi) is 4.51. The molecule has 0 bridgehead atoms. The maximum Gasteiger partial charge on any atom is 0.321 e. The number of esters is 1. The Morgan fingerprint density at radius 1 is 1.35 bits per heavy atom. The topological polar surface area (TPSA) is 69.7 Å². The van der Waals surface area contributed by atoms with E-state index in [1.165, 1.54) is 19.2 Å². The van der Waals surface area contributed by atoms with Crippen molar-refractivity contribution >= 4 is 15.8 Å². The Labute approximate surface area is 100 Å². The van der Waals surface area contributed by atoms with E-state index in [0.29, 0.717) is 5.75 Å². The molecular formula is C11H14O5S. The average Bonchev–Trinajstić information content (AvgIpc) is 2.28. The zero-order chi connectivity index (χ0) is 12.9. The molecule has 0 spiro atoms. The fourth-order valence-corrected chi connectivity index (χ4v) is 2.38. The van der Waals surface area contributed by atoms with Gasteiger partial charge >= 0.3 is 5.97 Å². The largest absolute Gasteiger partial charge is 0.497 e. The molecule has 1 aromatic carbocycles. The number of carbonyl (C=O) groups excluding carboxylic acids is 1. The number of benzene rings is 1. The van der Waals surface area contributed by atoms with Crippen molar-refractivity contribution in [1.29, 1.82) is 0 Å². The maximum atomic E-state index is 11.8. The van der Waals surface area contributed by atoms with Gasteiger partial charge in [-0.05, 0) is 25.1 Å². The molecule has 0 heterocycles. The Bertz CT molecular complexity index is 492. The first-order chi connectivity index (χ1) is 7.99. The van der Waals surface area contributed by atoms with Gasteiger partial charge in [0.05, 0.1) is 18.6 Å². The highest BCUT2D eigenvalue weighted by atomic mass is 32.2. The molecule has 0 amide bonds. The molecule has 0 aliphatic heterocycles. The average molecular weight is 258 g/mol. The number of methoxy groups -OCH3 is 1. The van der Waals surface area contributed by atoms with Crippen LogP contribution in [0.1, 0.15) is 6.92 Å². The van der Waals surface area contributed by atoms with E-state index in [1.807, 2.05) is 0 Å². The number of ether oxygens (including phenoxy) is 2. The second-order valence-electron chi connectivity index (χ2n) is 3.24. The van der Waals surface area contributed by atoms with E-state index in [0.717, 1.165) is 0 Å². The van der Waals surface area contributed by atoms with Crippen LogP contribution in [0.4, 0.5) is 0 Å². The van der Waals surface area contributed by atoms with Crippen LogP contribution < -0.4 is 4.74 Å². The van der Waals surface area contributed by atoms with Crippen LogP contribution in [0.25, 0.3) is 0 Å². The Balaban J connectivity index is 2.93. The van der Waals surface area contributed by atoms with E-state index in [-0.39, 0.29) is 11.5 Å². The minimum absolute atomic E-state index is 0.0462. The standard InChI is InChI=1S/C11H14O5S/c1-3-16-11(12)8-17(13,14)10-6-4-5-9(7-10)15-2/h4-7H,3,8H2,1-2H3. The highest BCUT2D eigenvalue weighted by molar-refractivity contribution is 7.92. The zero-order valence-electron chi connectivity index (χ0n) is 9.67. The molecule has 0 fully saturated rings. The zero-order valence-corrected chi connectivity index (χ0v) is 10.5. The number of rotatable bonds is 5. The molecule has 0 aromatic heterocycles. The third kappa shape index (κ3) is 3.74. The SMILES string of the molecule is CCOC(=O)CS(=O)(=O)c1cccc(OC)c1. The minimum atomic E-state index is -3.67. The van der Waals surface area contributed by atoms with Crippen molar-refractivity contribution < 1.29 is 22.7 Å². The molecule has 1 aromatic rings. The van der Waals surface area contributed by atoms with Gasteiger partial charge in [-0.1, -0.05) is 6.07 Å². The predicted octanol–water partition coefficient (Wildman–Crippen LogP) is 1.03. The third-order valence-corrected chi connectivity index (χ3v) is 3.60. The molecule has 5 nitrogen and oxygen atoms in total. The fourth-order valence-electron chi connectivity index (χ4n) is 1.24. The van der Waals surface area contributed by atoms with E-state index in [4.69, 9.17) is 4.74 Å². The first-order valence-corrected chi connectivity index (χ1v) is 6.67. The lowest BCUT2D eigenvalue weighted by atomic mass is 10.3. The molecular weight excluding hydrogens is 244 g/mol. The van der Waals surface area contributed by atoms with E-state index in [1.54, 1.807) is 19.1 Å². The molecule has 1 rings (SSSR count). The molecule has 0 atom stereocenters. The van der Waals surface area contributed by atoms with Crippen molar-refractivity contribution in [2.24, 2.45) is 0 Å². The molecule has 0 aliphatic rings. The van der Waals surface area contributed by atoms with Gasteiger partial charge in [-0.25, -0.2) is 8.42 Å². The molecule has 94 valence electrons.